The minimum absolute atomic E-state index is 0.540. The van der Waals surface area contributed by atoms with Gasteiger partial charge >= 0.3 is 0 Å². The van der Waals surface area contributed by atoms with Crippen molar-refractivity contribution in [1.82, 2.24) is 14.5 Å². The molecule has 11 aromatic rings. The van der Waals surface area contributed by atoms with E-state index in [1.165, 1.54) is 55.6 Å². The quantitative estimate of drug-likeness (QED) is 0.167. The topological polar surface area (TPSA) is 30.7 Å². The molecule has 1 atom stereocenters. The smallest absolute Gasteiger partial charge is 0.145 e. The highest BCUT2D eigenvalue weighted by Gasteiger charge is 2.51. The molecule has 2 aromatic heterocycles. The summed E-state index contributed by atoms with van der Waals surface area (Å²) >= 11 is 0. The number of fused-ring (bicyclic) bond motifs is 11. The second kappa shape index (κ2) is 14.3. The van der Waals surface area contributed by atoms with Crippen LogP contribution in [0.5, 0.6) is 0 Å². The number of hydrogen-bond acceptors (Lipinski definition) is 2. The van der Waals surface area contributed by atoms with Crippen LogP contribution in [0.3, 0.4) is 0 Å². The van der Waals surface area contributed by atoms with Crippen molar-refractivity contribution >= 4 is 11.0 Å². The first-order valence-corrected chi connectivity index (χ1v) is 22.0. The van der Waals surface area contributed by atoms with E-state index < -0.39 is 5.41 Å². The summed E-state index contributed by atoms with van der Waals surface area (Å²) in [6, 6.07) is 85.7. The lowest BCUT2D eigenvalue weighted by Gasteiger charge is -2.31. The van der Waals surface area contributed by atoms with Gasteiger partial charge in [0.15, 0.2) is 0 Å². The molecule has 1 spiro atoms. The average Bonchev–Trinajstić information content (AvgIpc) is 4.01. The second-order valence-corrected chi connectivity index (χ2v) is 16.9. The van der Waals surface area contributed by atoms with Gasteiger partial charge in [0.1, 0.15) is 5.82 Å². The fraction of sp³-hybridized carbons (Fsp3) is 0.0164. The maximum absolute atomic E-state index is 5.40. The van der Waals surface area contributed by atoms with E-state index in [0.29, 0.717) is 0 Å². The maximum Gasteiger partial charge on any atom is 0.145 e. The van der Waals surface area contributed by atoms with Crippen LogP contribution in [-0.2, 0) is 5.41 Å². The lowest BCUT2D eigenvalue weighted by atomic mass is 9.70. The SMILES string of the molecule is c1ccc(-c2cc(-c3ccccc3)nc(-c3ccc4c(c3)C3(c5ccccc5-c5ccc(-c6cccc(-c7nc8ccccc8n7-c7ccccc7)c6)cc53)c3ccccc3-4)c2)cc1. The summed E-state index contributed by atoms with van der Waals surface area (Å²) in [7, 11) is 0. The van der Waals surface area contributed by atoms with Gasteiger partial charge in [-0.15, -0.1) is 0 Å². The van der Waals surface area contributed by atoms with Crippen LogP contribution in [0.1, 0.15) is 22.3 Å². The summed E-state index contributed by atoms with van der Waals surface area (Å²) in [5.74, 6) is 0.922. The third kappa shape index (κ3) is 5.47. The van der Waals surface area contributed by atoms with Gasteiger partial charge in [0.25, 0.3) is 0 Å². The summed E-state index contributed by atoms with van der Waals surface area (Å²) in [4.78, 5) is 10.6. The molecule has 0 N–H and O–H groups in total. The largest absolute Gasteiger partial charge is 0.292 e. The van der Waals surface area contributed by atoms with Crippen molar-refractivity contribution in [2.24, 2.45) is 0 Å². The Morgan fingerprint density at radius 3 is 1.50 bits per heavy atom. The first kappa shape index (κ1) is 36.3. The van der Waals surface area contributed by atoms with E-state index in [1.54, 1.807) is 0 Å². The average molecular weight is 814 g/mol. The molecule has 0 fully saturated rings. The molecule has 0 saturated carbocycles. The van der Waals surface area contributed by atoms with Gasteiger partial charge in [-0.1, -0.05) is 182 Å². The number of benzene rings is 9. The zero-order valence-corrected chi connectivity index (χ0v) is 34.9. The van der Waals surface area contributed by atoms with Crippen LogP contribution >= 0.6 is 0 Å². The fourth-order valence-corrected chi connectivity index (χ4v) is 10.6. The Kier molecular flexibility index (Phi) is 8.13. The molecule has 298 valence electrons. The highest BCUT2D eigenvalue weighted by atomic mass is 15.1. The first-order chi connectivity index (χ1) is 31.7. The number of para-hydroxylation sites is 3. The molecule has 9 aromatic carbocycles. The molecule has 3 nitrogen and oxygen atoms in total. The van der Waals surface area contributed by atoms with E-state index in [-0.39, 0.29) is 0 Å². The highest BCUT2D eigenvalue weighted by molar-refractivity contribution is 5.97. The molecule has 2 aliphatic carbocycles. The number of hydrogen-bond donors (Lipinski definition) is 0. The van der Waals surface area contributed by atoms with Gasteiger partial charge in [-0.3, -0.25) is 4.57 Å². The van der Waals surface area contributed by atoms with Crippen LogP contribution in [0.2, 0.25) is 0 Å². The Bertz CT molecular complexity index is 3540. The lowest BCUT2D eigenvalue weighted by molar-refractivity contribution is 0.794. The molecule has 13 rings (SSSR count). The molecule has 0 radical (unpaired) electrons. The van der Waals surface area contributed by atoms with Crippen molar-refractivity contribution in [3.63, 3.8) is 0 Å². The lowest BCUT2D eigenvalue weighted by Crippen LogP contribution is -2.26. The Balaban J connectivity index is 1.01. The van der Waals surface area contributed by atoms with Crippen LogP contribution in [0.4, 0.5) is 0 Å². The van der Waals surface area contributed by atoms with Crippen molar-refractivity contribution in [2.75, 3.05) is 0 Å². The summed E-state index contributed by atoms with van der Waals surface area (Å²) in [5, 5.41) is 0. The molecule has 0 amide bonds. The Morgan fingerprint density at radius 2 is 0.797 bits per heavy atom. The van der Waals surface area contributed by atoms with E-state index in [2.05, 4.69) is 241 Å². The molecule has 2 aliphatic rings. The fourth-order valence-electron chi connectivity index (χ4n) is 10.6. The minimum atomic E-state index is -0.540. The molecule has 0 saturated heterocycles. The van der Waals surface area contributed by atoms with E-state index in [4.69, 9.17) is 9.97 Å². The maximum atomic E-state index is 5.40. The number of imidazole rings is 1. The van der Waals surface area contributed by atoms with Gasteiger partial charge in [-0.2, -0.15) is 0 Å². The van der Waals surface area contributed by atoms with Gasteiger partial charge in [-0.05, 0) is 121 Å². The summed E-state index contributed by atoms with van der Waals surface area (Å²) in [6.07, 6.45) is 0. The minimum Gasteiger partial charge on any atom is -0.292 e. The molecule has 0 aliphatic heterocycles. The van der Waals surface area contributed by atoms with Crippen molar-refractivity contribution < 1.29 is 0 Å². The van der Waals surface area contributed by atoms with E-state index in [1.807, 2.05) is 0 Å². The van der Waals surface area contributed by atoms with Crippen LogP contribution in [0, 0.1) is 0 Å². The predicted octanol–water partition coefficient (Wildman–Crippen LogP) is 15.1. The second-order valence-electron chi connectivity index (χ2n) is 16.9. The monoisotopic (exact) mass is 813 g/mol. The van der Waals surface area contributed by atoms with E-state index in [9.17, 15) is 0 Å². The molecular weight excluding hydrogens is 775 g/mol. The molecule has 1 unspecified atom stereocenters. The van der Waals surface area contributed by atoms with Gasteiger partial charge in [0.05, 0.1) is 27.8 Å². The molecule has 3 heteroatoms. The highest BCUT2D eigenvalue weighted by Crippen LogP contribution is 2.63. The van der Waals surface area contributed by atoms with Crippen molar-refractivity contribution in [1.29, 1.82) is 0 Å². The van der Waals surface area contributed by atoms with Gasteiger partial charge < -0.3 is 0 Å². The van der Waals surface area contributed by atoms with Gasteiger partial charge in [0, 0.05) is 22.4 Å². The third-order valence-electron chi connectivity index (χ3n) is 13.4. The van der Waals surface area contributed by atoms with Crippen molar-refractivity contribution in [2.45, 2.75) is 5.41 Å². The summed E-state index contributed by atoms with van der Waals surface area (Å²) in [6.45, 7) is 0. The van der Waals surface area contributed by atoms with Crippen molar-refractivity contribution in [3.05, 3.63) is 259 Å². The molecule has 2 heterocycles. The molecule has 0 bridgehead atoms. The summed E-state index contributed by atoms with van der Waals surface area (Å²) in [5.41, 5.74) is 22.7. The molecular formula is C61H39N3. The van der Waals surface area contributed by atoms with Crippen LogP contribution in [0.25, 0.3) is 95.1 Å². The summed E-state index contributed by atoms with van der Waals surface area (Å²) < 4.78 is 2.28. The Labute approximate surface area is 372 Å². The first-order valence-electron chi connectivity index (χ1n) is 22.0. The zero-order valence-electron chi connectivity index (χ0n) is 34.9. The predicted molar refractivity (Wildman–Crippen MR) is 262 cm³/mol. The van der Waals surface area contributed by atoms with Crippen LogP contribution < -0.4 is 0 Å². The number of nitrogens with zero attached hydrogens (tertiary/aromatic N) is 3. The Hall–Kier alpha value is -8.40. The molecule has 64 heavy (non-hydrogen) atoms. The Morgan fingerprint density at radius 1 is 0.297 bits per heavy atom. The van der Waals surface area contributed by atoms with Crippen LogP contribution in [0.15, 0.2) is 237 Å². The van der Waals surface area contributed by atoms with E-state index >= 15 is 0 Å². The number of pyridine rings is 1. The third-order valence-corrected chi connectivity index (χ3v) is 13.4. The zero-order chi connectivity index (χ0) is 42.2. The normalized spacial score (nSPS) is 14.3. The van der Waals surface area contributed by atoms with E-state index in [0.717, 1.165) is 61.8 Å². The number of rotatable bonds is 6. The van der Waals surface area contributed by atoms with Gasteiger partial charge in [-0.25, -0.2) is 9.97 Å². The van der Waals surface area contributed by atoms with Crippen LogP contribution in [-0.4, -0.2) is 14.5 Å². The van der Waals surface area contributed by atoms with Crippen molar-refractivity contribution in [3.8, 4) is 84.1 Å². The van der Waals surface area contributed by atoms with Gasteiger partial charge in [0.2, 0.25) is 0 Å². The standard InChI is InChI=1S/C61H39N3/c1-4-17-40(18-5-1)46-38-57(41-19-6-2-7-20-41)62-58(39-46)44-32-34-51-49-26-11-13-28-53(49)61(55(51)37-44)52-27-12-10-25-48(52)50-33-31-43(36-54(50)61)42-21-16-22-45(35-42)60-63-56-29-14-15-30-59(56)64(60)47-23-8-3-9-24-47/h1-39H. The number of aromatic nitrogens is 3.